The maximum Gasteiger partial charge on any atom is 0.410 e. The molecular weight excluding hydrogens is 597 g/mol. The number of benzene rings is 3. The van der Waals surface area contributed by atoms with E-state index in [1.165, 1.54) is 54.9 Å². The number of carbonyl (C=O) groups is 1. The number of fused-ring (bicyclic) bond motifs is 1. The summed E-state index contributed by atoms with van der Waals surface area (Å²) in [6.45, 7) is 4.49. The molecule has 0 aliphatic rings. The molecule has 43 heavy (non-hydrogen) atoms. The number of ether oxygens (including phenoxy) is 1. The number of alkyl halides is 3. The molecule has 0 radical (unpaired) electrons. The van der Waals surface area contributed by atoms with E-state index < -0.39 is 44.7 Å². The lowest BCUT2D eigenvalue weighted by molar-refractivity contribution is -0.182. The van der Waals surface area contributed by atoms with Gasteiger partial charge in [-0.3, -0.25) is 14.3 Å². The first kappa shape index (κ1) is 31.5. The molecule has 1 amide bonds. The summed E-state index contributed by atoms with van der Waals surface area (Å²) in [5.74, 6) is -3.53. The lowest BCUT2D eigenvalue weighted by Crippen LogP contribution is -2.54. The number of aromatic nitrogens is 1. The van der Waals surface area contributed by atoms with Crippen LogP contribution < -0.4 is 20.2 Å². The molecule has 228 valence electrons. The van der Waals surface area contributed by atoms with E-state index in [1.54, 1.807) is 0 Å². The SMILES string of the molecule is CCS(=O)(=O)Nc1ccc(Oc2ccc(F)cc2F)c(-n2cc(C)c(=O)c3cc(C(=O)NC(C)(C)C(F)(F)F)ccc32)c1. The zero-order valence-electron chi connectivity index (χ0n) is 23.3. The van der Waals surface area contributed by atoms with Gasteiger partial charge in [-0.25, -0.2) is 17.2 Å². The lowest BCUT2D eigenvalue weighted by Gasteiger charge is -2.28. The number of anilines is 1. The minimum absolute atomic E-state index is 0.0250. The van der Waals surface area contributed by atoms with Crippen molar-refractivity contribution in [2.24, 2.45) is 0 Å². The van der Waals surface area contributed by atoms with Gasteiger partial charge in [0.15, 0.2) is 22.7 Å². The number of nitrogens with zero attached hydrogens (tertiary/aromatic N) is 1. The molecule has 1 heterocycles. The number of pyridine rings is 1. The van der Waals surface area contributed by atoms with Crippen LogP contribution in [0.3, 0.4) is 0 Å². The van der Waals surface area contributed by atoms with Crippen molar-refractivity contribution >= 4 is 32.5 Å². The Morgan fingerprint density at radius 3 is 2.28 bits per heavy atom. The molecule has 0 saturated carbocycles. The number of hydrogen-bond acceptors (Lipinski definition) is 5. The number of rotatable bonds is 8. The van der Waals surface area contributed by atoms with Crippen molar-refractivity contribution < 1.29 is 39.9 Å². The second-order valence-corrected chi connectivity index (χ2v) is 12.2. The zero-order chi connectivity index (χ0) is 31.9. The van der Waals surface area contributed by atoms with E-state index in [9.17, 15) is 40.0 Å². The second-order valence-electron chi connectivity index (χ2n) is 10.2. The molecule has 0 atom stereocenters. The highest BCUT2D eigenvalue weighted by molar-refractivity contribution is 7.92. The Morgan fingerprint density at radius 2 is 1.65 bits per heavy atom. The van der Waals surface area contributed by atoms with E-state index in [0.717, 1.165) is 32.0 Å². The fraction of sp³-hybridized carbons (Fsp3) is 0.241. The fourth-order valence-electron chi connectivity index (χ4n) is 4.01. The first-order chi connectivity index (χ1) is 19.9. The van der Waals surface area contributed by atoms with Crippen LogP contribution >= 0.6 is 0 Å². The molecule has 4 rings (SSSR count). The molecule has 0 unspecified atom stereocenters. The highest BCUT2D eigenvalue weighted by atomic mass is 32.2. The van der Waals surface area contributed by atoms with E-state index in [4.69, 9.17) is 4.74 Å². The van der Waals surface area contributed by atoms with Crippen LogP contribution in [0.25, 0.3) is 16.6 Å². The Balaban J connectivity index is 1.91. The van der Waals surface area contributed by atoms with E-state index in [-0.39, 0.29) is 50.7 Å². The summed E-state index contributed by atoms with van der Waals surface area (Å²) >= 11 is 0. The van der Waals surface area contributed by atoms with Gasteiger partial charge in [0, 0.05) is 28.8 Å². The average molecular weight is 624 g/mol. The topological polar surface area (TPSA) is 106 Å². The van der Waals surface area contributed by atoms with Gasteiger partial charge in [0.25, 0.3) is 5.91 Å². The largest absolute Gasteiger partial charge is 0.452 e. The number of amides is 1. The normalized spacial score (nSPS) is 12.3. The highest BCUT2D eigenvalue weighted by Crippen LogP contribution is 2.35. The molecule has 0 fully saturated rings. The smallest absolute Gasteiger partial charge is 0.410 e. The third kappa shape index (κ3) is 6.63. The van der Waals surface area contributed by atoms with Gasteiger partial charge >= 0.3 is 6.18 Å². The minimum atomic E-state index is -4.74. The molecule has 0 saturated heterocycles. The summed E-state index contributed by atoms with van der Waals surface area (Å²) in [6, 6.07) is 10.4. The monoisotopic (exact) mass is 623 g/mol. The Morgan fingerprint density at radius 1 is 0.977 bits per heavy atom. The van der Waals surface area contributed by atoms with Crippen LogP contribution in [-0.4, -0.2) is 36.4 Å². The van der Waals surface area contributed by atoms with Crippen molar-refractivity contribution in [1.29, 1.82) is 0 Å². The summed E-state index contributed by atoms with van der Waals surface area (Å²) in [5.41, 5.74) is -2.76. The summed E-state index contributed by atoms with van der Waals surface area (Å²) in [6.07, 6.45) is -3.34. The van der Waals surface area contributed by atoms with Gasteiger partial charge in [0.05, 0.1) is 22.6 Å². The maximum absolute atomic E-state index is 14.5. The third-order valence-electron chi connectivity index (χ3n) is 6.56. The van der Waals surface area contributed by atoms with Gasteiger partial charge in [-0.05, 0) is 76.2 Å². The second kappa shape index (κ2) is 11.3. The van der Waals surface area contributed by atoms with Crippen molar-refractivity contribution in [3.63, 3.8) is 0 Å². The number of nitrogens with one attached hydrogen (secondary N) is 2. The molecule has 1 aromatic heterocycles. The summed E-state index contributed by atoms with van der Waals surface area (Å²) in [5, 5.41) is 1.87. The van der Waals surface area contributed by atoms with Crippen molar-refractivity contribution in [2.75, 3.05) is 10.5 Å². The van der Waals surface area contributed by atoms with E-state index in [0.29, 0.717) is 6.07 Å². The number of sulfonamides is 1. The standard InChI is InChI=1S/C29H26F5N3O5S/c1-5-43(40,41)36-19-8-11-25(42-24-10-7-18(30)13-21(24)31)23(14-19)37-15-16(2)26(38)20-12-17(6-9-22(20)37)27(39)35-28(3,4)29(32,33)34/h6-15,36H,5H2,1-4H3,(H,35,39). The van der Waals surface area contributed by atoms with Gasteiger partial charge in [-0.15, -0.1) is 0 Å². The summed E-state index contributed by atoms with van der Waals surface area (Å²) < 4.78 is 102. The van der Waals surface area contributed by atoms with Crippen molar-refractivity contribution in [1.82, 2.24) is 9.88 Å². The first-order valence-corrected chi connectivity index (χ1v) is 14.4. The first-order valence-electron chi connectivity index (χ1n) is 12.8. The minimum Gasteiger partial charge on any atom is -0.452 e. The summed E-state index contributed by atoms with van der Waals surface area (Å²) in [7, 11) is -3.73. The lowest BCUT2D eigenvalue weighted by atomic mass is 10.0. The molecule has 4 aromatic rings. The quantitative estimate of drug-likeness (QED) is 0.227. The van der Waals surface area contributed by atoms with Crippen LogP contribution in [0.1, 0.15) is 36.7 Å². The molecule has 8 nitrogen and oxygen atoms in total. The Labute approximate surface area is 243 Å². The van der Waals surface area contributed by atoms with Crippen LogP contribution in [0.15, 0.2) is 65.6 Å². The molecular formula is C29H26F5N3O5S. The number of hydrogen-bond donors (Lipinski definition) is 2. The summed E-state index contributed by atoms with van der Waals surface area (Å²) in [4.78, 5) is 25.9. The molecule has 2 N–H and O–H groups in total. The molecule has 14 heteroatoms. The maximum atomic E-state index is 14.5. The van der Waals surface area contributed by atoms with Crippen molar-refractivity contribution in [3.05, 3.63) is 93.8 Å². The van der Waals surface area contributed by atoms with Crippen LogP contribution in [0.2, 0.25) is 0 Å². The van der Waals surface area contributed by atoms with Crippen LogP contribution in [0.5, 0.6) is 11.5 Å². The number of aryl methyl sites for hydroxylation is 1. The third-order valence-corrected chi connectivity index (χ3v) is 7.87. The number of carbonyl (C=O) groups excluding carboxylic acids is 1. The van der Waals surface area contributed by atoms with Gasteiger partial charge < -0.3 is 14.6 Å². The van der Waals surface area contributed by atoms with Gasteiger partial charge in [0.1, 0.15) is 11.4 Å². The van der Waals surface area contributed by atoms with Crippen LogP contribution in [-0.2, 0) is 10.0 Å². The average Bonchev–Trinajstić information content (AvgIpc) is 2.91. The van der Waals surface area contributed by atoms with Crippen molar-refractivity contribution in [2.45, 2.75) is 39.4 Å². The van der Waals surface area contributed by atoms with Gasteiger partial charge in [0.2, 0.25) is 10.0 Å². The highest BCUT2D eigenvalue weighted by Gasteiger charge is 2.48. The Kier molecular flexibility index (Phi) is 8.29. The molecule has 0 bridgehead atoms. The van der Waals surface area contributed by atoms with Crippen molar-refractivity contribution in [3.8, 4) is 17.2 Å². The van der Waals surface area contributed by atoms with Crippen LogP contribution in [0.4, 0.5) is 27.6 Å². The number of halogens is 5. The Bertz CT molecular complexity index is 1900. The van der Waals surface area contributed by atoms with E-state index >= 15 is 0 Å². The molecule has 3 aromatic carbocycles. The van der Waals surface area contributed by atoms with E-state index in [2.05, 4.69) is 4.72 Å². The Hall–Kier alpha value is -4.46. The van der Waals surface area contributed by atoms with Gasteiger partial charge in [-0.1, -0.05) is 0 Å². The van der Waals surface area contributed by atoms with Crippen LogP contribution in [0, 0.1) is 18.6 Å². The molecule has 0 aliphatic carbocycles. The van der Waals surface area contributed by atoms with E-state index in [1.807, 2.05) is 5.32 Å². The fourth-order valence-corrected chi connectivity index (χ4v) is 4.64. The molecule has 0 spiro atoms. The predicted octanol–water partition coefficient (Wildman–Crippen LogP) is 6.20. The predicted molar refractivity (Wildman–Crippen MR) is 151 cm³/mol. The van der Waals surface area contributed by atoms with Gasteiger partial charge in [-0.2, -0.15) is 13.2 Å². The molecule has 0 aliphatic heterocycles. The zero-order valence-corrected chi connectivity index (χ0v) is 24.1.